The van der Waals surface area contributed by atoms with Gasteiger partial charge in [0.2, 0.25) is 0 Å². The number of benzene rings is 9. The van der Waals surface area contributed by atoms with Crippen molar-refractivity contribution in [3.63, 3.8) is 0 Å². The lowest BCUT2D eigenvalue weighted by atomic mass is 9.95. The highest BCUT2D eigenvalue weighted by Gasteiger charge is 2.23. The standard InChI is InChI=1S/C50H29N3O/c1-2-11-30(12-3-1)33-15-8-16-34(29-33)49-50(52-39-20-7-6-19-38(39)51-49)37-25-28-40(36-18-5-4-17-35(36)37)53-41-26-23-31-13-9-21-43-45(31)47(41)48-42(53)27-24-32-14-10-22-44(54-43)46(32)48/h1-29H. The van der Waals surface area contributed by atoms with E-state index in [9.17, 15) is 0 Å². The summed E-state index contributed by atoms with van der Waals surface area (Å²) in [7, 11) is 0. The Morgan fingerprint density at radius 3 is 1.67 bits per heavy atom. The third kappa shape index (κ3) is 4.13. The molecular formula is C50H29N3O. The maximum Gasteiger partial charge on any atom is 0.135 e. The summed E-state index contributed by atoms with van der Waals surface area (Å²) in [5.74, 6) is 0. The van der Waals surface area contributed by atoms with E-state index in [1.165, 1.54) is 27.1 Å². The third-order valence-electron chi connectivity index (χ3n) is 11.1. The van der Waals surface area contributed by atoms with Gasteiger partial charge in [-0.3, -0.25) is 0 Å². The van der Waals surface area contributed by atoms with E-state index >= 15 is 0 Å². The molecular weight excluding hydrogens is 659 g/mol. The molecule has 0 bridgehead atoms. The van der Waals surface area contributed by atoms with E-state index in [0.29, 0.717) is 0 Å². The van der Waals surface area contributed by atoms with Crippen LogP contribution in [0, 0.1) is 0 Å². The Kier molecular flexibility index (Phi) is 6.02. The predicted octanol–water partition coefficient (Wildman–Crippen LogP) is 13.4. The van der Waals surface area contributed by atoms with E-state index in [2.05, 4.69) is 162 Å². The number of rotatable bonds is 4. The molecule has 0 aliphatic heterocycles. The van der Waals surface area contributed by atoms with Gasteiger partial charge in [-0.1, -0.05) is 121 Å². The Morgan fingerprint density at radius 1 is 0.389 bits per heavy atom. The Balaban J connectivity index is 1.16. The van der Waals surface area contributed by atoms with Crippen molar-refractivity contribution in [1.82, 2.24) is 14.5 Å². The van der Waals surface area contributed by atoms with Gasteiger partial charge in [0.25, 0.3) is 0 Å². The molecule has 0 aliphatic rings. The molecule has 54 heavy (non-hydrogen) atoms. The van der Waals surface area contributed by atoms with Crippen LogP contribution in [0.2, 0.25) is 0 Å². The van der Waals surface area contributed by atoms with Crippen molar-refractivity contribution >= 4 is 76.3 Å². The minimum Gasteiger partial charge on any atom is -0.456 e. The van der Waals surface area contributed by atoms with Gasteiger partial charge in [-0.15, -0.1) is 0 Å². The van der Waals surface area contributed by atoms with Gasteiger partial charge in [0.05, 0.1) is 39.1 Å². The molecule has 0 fully saturated rings. The molecule has 0 radical (unpaired) electrons. The molecule has 12 rings (SSSR count). The highest BCUT2D eigenvalue weighted by molar-refractivity contribution is 6.33. The molecule has 4 nitrogen and oxygen atoms in total. The van der Waals surface area contributed by atoms with Crippen LogP contribution >= 0.6 is 0 Å². The molecule has 4 heteroatoms. The topological polar surface area (TPSA) is 43.9 Å². The van der Waals surface area contributed by atoms with Gasteiger partial charge in [-0.05, 0) is 81.9 Å². The summed E-state index contributed by atoms with van der Waals surface area (Å²) in [5.41, 5.74) is 13.1. The summed E-state index contributed by atoms with van der Waals surface area (Å²) >= 11 is 0. The second-order valence-electron chi connectivity index (χ2n) is 14.1. The van der Waals surface area contributed by atoms with Crippen molar-refractivity contribution < 1.29 is 4.42 Å². The highest BCUT2D eigenvalue weighted by atomic mass is 16.3. The number of hydrogen-bond donors (Lipinski definition) is 0. The molecule has 0 unspecified atom stereocenters. The number of para-hydroxylation sites is 2. The molecule has 0 spiro atoms. The maximum absolute atomic E-state index is 6.68. The second kappa shape index (κ2) is 11.1. The average Bonchev–Trinajstić information content (AvgIpc) is 3.49. The van der Waals surface area contributed by atoms with Gasteiger partial charge >= 0.3 is 0 Å². The summed E-state index contributed by atoms with van der Waals surface area (Å²) in [6.07, 6.45) is 0. The van der Waals surface area contributed by atoms with Gasteiger partial charge < -0.3 is 8.98 Å². The average molecular weight is 688 g/mol. The van der Waals surface area contributed by atoms with E-state index in [-0.39, 0.29) is 0 Å². The largest absolute Gasteiger partial charge is 0.456 e. The number of fused-ring (bicyclic) bond motifs is 2. The molecule has 250 valence electrons. The first kappa shape index (κ1) is 29.3. The molecule has 0 saturated carbocycles. The zero-order valence-electron chi connectivity index (χ0n) is 29.0. The SMILES string of the molecule is c1ccc(-c2cccc(-c3nc4ccccc4nc3-c3ccc(-n4c5ccc6cccc7oc8cccc9ccc4c(c98)c5c67)c4ccccc34)c2)cc1. The zero-order valence-corrected chi connectivity index (χ0v) is 29.0. The molecule has 0 N–H and O–H groups in total. The molecule has 0 saturated heterocycles. The Hall–Kier alpha value is -7.30. The second-order valence-corrected chi connectivity index (χ2v) is 14.1. The molecule has 0 amide bonds. The van der Waals surface area contributed by atoms with Crippen molar-refractivity contribution in [2.75, 3.05) is 0 Å². The number of aromatic nitrogens is 3. The van der Waals surface area contributed by atoms with E-state index in [1.807, 2.05) is 18.2 Å². The minimum atomic E-state index is 0.862. The number of nitrogens with zero attached hydrogens (tertiary/aromatic N) is 3. The molecule has 0 aliphatic carbocycles. The van der Waals surface area contributed by atoms with Crippen LogP contribution < -0.4 is 0 Å². The van der Waals surface area contributed by atoms with Crippen LogP contribution in [-0.2, 0) is 0 Å². The van der Waals surface area contributed by atoms with Gasteiger partial charge in [-0.25, -0.2) is 9.97 Å². The lowest BCUT2D eigenvalue weighted by Crippen LogP contribution is -1.99. The van der Waals surface area contributed by atoms with Crippen LogP contribution in [0.15, 0.2) is 180 Å². The summed E-state index contributed by atoms with van der Waals surface area (Å²) in [6.45, 7) is 0. The first-order valence-corrected chi connectivity index (χ1v) is 18.3. The van der Waals surface area contributed by atoms with Crippen molar-refractivity contribution in [3.05, 3.63) is 176 Å². The van der Waals surface area contributed by atoms with Crippen LogP contribution in [0.3, 0.4) is 0 Å². The Morgan fingerprint density at radius 2 is 0.963 bits per heavy atom. The smallest absolute Gasteiger partial charge is 0.135 e. The fraction of sp³-hybridized carbons (Fsp3) is 0. The van der Waals surface area contributed by atoms with Crippen LogP contribution in [0.5, 0.6) is 0 Å². The Labute approximate surface area is 309 Å². The molecule has 3 heterocycles. The lowest BCUT2D eigenvalue weighted by molar-refractivity contribution is 0.664. The minimum absolute atomic E-state index is 0.862. The summed E-state index contributed by atoms with van der Waals surface area (Å²) in [4.78, 5) is 10.7. The normalized spacial score (nSPS) is 12.1. The maximum atomic E-state index is 6.68. The monoisotopic (exact) mass is 687 g/mol. The predicted molar refractivity (Wildman–Crippen MR) is 224 cm³/mol. The van der Waals surface area contributed by atoms with Crippen molar-refractivity contribution in [3.8, 4) is 39.3 Å². The van der Waals surface area contributed by atoms with Crippen LogP contribution in [-0.4, -0.2) is 14.5 Å². The first-order valence-electron chi connectivity index (χ1n) is 18.3. The quantitative estimate of drug-likeness (QED) is 0.185. The van der Waals surface area contributed by atoms with Gasteiger partial charge in [0.15, 0.2) is 0 Å². The van der Waals surface area contributed by atoms with Crippen LogP contribution in [0.25, 0.3) is 116 Å². The zero-order chi connectivity index (χ0) is 35.3. The summed E-state index contributed by atoms with van der Waals surface area (Å²) in [5, 5.41) is 9.35. The third-order valence-corrected chi connectivity index (χ3v) is 11.1. The van der Waals surface area contributed by atoms with Crippen molar-refractivity contribution in [2.24, 2.45) is 0 Å². The molecule has 3 aromatic heterocycles. The van der Waals surface area contributed by atoms with Crippen molar-refractivity contribution in [2.45, 2.75) is 0 Å². The van der Waals surface area contributed by atoms with E-state index in [1.54, 1.807) is 0 Å². The van der Waals surface area contributed by atoms with Gasteiger partial charge in [0.1, 0.15) is 11.2 Å². The first-order chi connectivity index (χ1) is 26.8. The molecule has 12 aromatic rings. The van der Waals surface area contributed by atoms with Gasteiger partial charge in [-0.2, -0.15) is 0 Å². The fourth-order valence-electron chi connectivity index (χ4n) is 8.78. The summed E-state index contributed by atoms with van der Waals surface area (Å²) < 4.78 is 9.13. The Bertz CT molecular complexity index is 3340. The van der Waals surface area contributed by atoms with Crippen LogP contribution in [0.1, 0.15) is 0 Å². The van der Waals surface area contributed by atoms with E-state index in [4.69, 9.17) is 14.4 Å². The fourth-order valence-corrected chi connectivity index (χ4v) is 8.78. The van der Waals surface area contributed by atoms with Gasteiger partial charge in [0, 0.05) is 38.1 Å². The molecule has 0 atom stereocenters. The van der Waals surface area contributed by atoms with E-state index < -0.39 is 0 Å². The van der Waals surface area contributed by atoms with E-state index in [0.717, 1.165) is 88.5 Å². The highest BCUT2D eigenvalue weighted by Crippen LogP contribution is 2.46. The van der Waals surface area contributed by atoms with Crippen LogP contribution in [0.4, 0.5) is 0 Å². The lowest BCUT2D eigenvalue weighted by Gasteiger charge is -2.17. The molecule has 9 aromatic carbocycles. The summed E-state index contributed by atoms with van der Waals surface area (Å²) in [6, 6.07) is 62.3. The van der Waals surface area contributed by atoms with Crippen molar-refractivity contribution in [1.29, 1.82) is 0 Å². The number of hydrogen-bond acceptors (Lipinski definition) is 3.